The first kappa shape index (κ1) is 9.84. The largest absolute Gasteiger partial charge is 0.295 e. The maximum atomic E-state index is 12.1. The zero-order valence-corrected chi connectivity index (χ0v) is 7.26. The average Bonchev–Trinajstić information content (AvgIpc) is 2.03. The van der Waals surface area contributed by atoms with Crippen molar-refractivity contribution >= 4 is 5.78 Å². The van der Waals surface area contributed by atoms with Crippen molar-refractivity contribution in [2.24, 2.45) is 0 Å². The van der Waals surface area contributed by atoms with Crippen LogP contribution in [0, 0.1) is 0 Å². The van der Waals surface area contributed by atoms with Gasteiger partial charge in [-0.1, -0.05) is 24.3 Å². The van der Waals surface area contributed by atoms with Crippen LogP contribution >= 0.6 is 0 Å². The standard InChI is InChI=1S/C10H10F2O/c1-7(13)9-5-3-2-4-8(9)6-10(11)12/h2-5,10H,6H2,1H3. The molecular formula is C10H10F2O. The Morgan fingerprint density at radius 3 is 2.54 bits per heavy atom. The molecule has 0 aliphatic rings. The van der Waals surface area contributed by atoms with Crippen molar-refractivity contribution in [1.82, 2.24) is 0 Å². The van der Waals surface area contributed by atoms with Crippen molar-refractivity contribution in [3.05, 3.63) is 35.4 Å². The van der Waals surface area contributed by atoms with Crippen LogP contribution in [0.4, 0.5) is 8.78 Å². The monoisotopic (exact) mass is 184 g/mol. The summed E-state index contributed by atoms with van der Waals surface area (Å²) in [5.74, 6) is -0.170. The molecule has 0 N–H and O–H groups in total. The Hall–Kier alpha value is -1.25. The molecule has 0 heterocycles. The molecule has 0 saturated carbocycles. The van der Waals surface area contributed by atoms with Gasteiger partial charge in [0.1, 0.15) is 0 Å². The zero-order valence-electron chi connectivity index (χ0n) is 7.26. The van der Waals surface area contributed by atoms with Gasteiger partial charge in [0.05, 0.1) is 0 Å². The Morgan fingerprint density at radius 1 is 1.38 bits per heavy atom. The van der Waals surface area contributed by atoms with Crippen molar-refractivity contribution in [3.63, 3.8) is 0 Å². The van der Waals surface area contributed by atoms with Gasteiger partial charge in [0, 0.05) is 12.0 Å². The summed E-state index contributed by atoms with van der Waals surface area (Å²) >= 11 is 0. The van der Waals surface area contributed by atoms with Gasteiger partial charge in [-0.05, 0) is 12.5 Å². The fraction of sp³-hybridized carbons (Fsp3) is 0.300. The van der Waals surface area contributed by atoms with Crippen LogP contribution in [0.3, 0.4) is 0 Å². The third kappa shape index (κ3) is 2.61. The third-order valence-corrected chi connectivity index (χ3v) is 1.77. The number of hydrogen-bond acceptors (Lipinski definition) is 1. The maximum absolute atomic E-state index is 12.1. The van der Waals surface area contributed by atoms with Crippen molar-refractivity contribution < 1.29 is 13.6 Å². The highest BCUT2D eigenvalue weighted by Gasteiger charge is 2.10. The second kappa shape index (κ2) is 4.12. The van der Waals surface area contributed by atoms with Crippen LogP contribution in [-0.4, -0.2) is 12.2 Å². The molecule has 0 aliphatic heterocycles. The van der Waals surface area contributed by atoms with Gasteiger partial charge in [-0.2, -0.15) is 0 Å². The molecule has 70 valence electrons. The molecule has 1 nitrogen and oxygen atoms in total. The first-order valence-electron chi connectivity index (χ1n) is 3.98. The number of Topliss-reactive ketones (excluding diaryl/α,β-unsaturated/α-hetero) is 1. The Kier molecular flexibility index (Phi) is 3.12. The predicted molar refractivity (Wildman–Crippen MR) is 46.2 cm³/mol. The summed E-state index contributed by atoms with van der Waals surface area (Å²) in [6, 6.07) is 6.46. The van der Waals surface area contributed by atoms with Crippen molar-refractivity contribution in [3.8, 4) is 0 Å². The highest BCUT2D eigenvalue weighted by molar-refractivity contribution is 5.95. The number of rotatable bonds is 3. The number of hydrogen-bond donors (Lipinski definition) is 0. The van der Waals surface area contributed by atoms with E-state index in [1.165, 1.54) is 6.92 Å². The second-order valence-corrected chi connectivity index (χ2v) is 2.81. The molecule has 0 bridgehead atoms. The molecule has 0 unspecified atom stereocenters. The van der Waals surface area contributed by atoms with Crippen LogP contribution < -0.4 is 0 Å². The summed E-state index contributed by atoms with van der Waals surface area (Å²) in [5, 5.41) is 0. The summed E-state index contributed by atoms with van der Waals surface area (Å²) in [7, 11) is 0. The van der Waals surface area contributed by atoms with E-state index in [-0.39, 0.29) is 12.2 Å². The maximum Gasteiger partial charge on any atom is 0.242 e. The SMILES string of the molecule is CC(=O)c1ccccc1CC(F)F. The van der Waals surface area contributed by atoms with Gasteiger partial charge in [-0.3, -0.25) is 4.79 Å². The average molecular weight is 184 g/mol. The lowest BCUT2D eigenvalue weighted by Crippen LogP contribution is -2.04. The molecule has 0 aliphatic carbocycles. The Morgan fingerprint density at radius 2 is 2.00 bits per heavy atom. The molecule has 3 heteroatoms. The Bertz CT molecular complexity index is 308. The fourth-order valence-corrected chi connectivity index (χ4v) is 1.21. The van der Waals surface area contributed by atoms with Gasteiger partial charge in [0.2, 0.25) is 6.43 Å². The minimum absolute atomic E-state index is 0.170. The Balaban J connectivity index is 2.98. The molecule has 0 atom stereocenters. The quantitative estimate of drug-likeness (QED) is 0.660. The molecule has 13 heavy (non-hydrogen) atoms. The lowest BCUT2D eigenvalue weighted by atomic mass is 10.0. The smallest absolute Gasteiger partial charge is 0.242 e. The summed E-state index contributed by atoms with van der Waals surface area (Å²) in [4.78, 5) is 11.0. The van der Waals surface area contributed by atoms with Gasteiger partial charge in [-0.25, -0.2) is 8.78 Å². The van der Waals surface area contributed by atoms with Crippen LogP contribution in [0.25, 0.3) is 0 Å². The van der Waals surface area contributed by atoms with E-state index in [1.807, 2.05) is 0 Å². The summed E-state index contributed by atoms with van der Waals surface area (Å²) in [5.41, 5.74) is 0.813. The minimum Gasteiger partial charge on any atom is -0.295 e. The highest BCUT2D eigenvalue weighted by Crippen LogP contribution is 2.13. The summed E-state index contributed by atoms with van der Waals surface area (Å²) in [6.07, 6.45) is -2.75. The molecule has 0 spiro atoms. The number of ketones is 1. The minimum atomic E-state index is -2.40. The van der Waals surface area contributed by atoms with Crippen molar-refractivity contribution in [1.29, 1.82) is 0 Å². The van der Waals surface area contributed by atoms with E-state index in [1.54, 1.807) is 24.3 Å². The number of carbonyl (C=O) groups excluding carboxylic acids is 1. The number of benzene rings is 1. The molecule has 0 aromatic heterocycles. The van der Waals surface area contributed by atoms with E-state index in [0.29, 0.717) is 11.1 Å². The van der Waals surface area contributed by atoms with E-state index in [0.717, 1.165) is 0 Å². The molecule has 0 radical (unpaired) electrons. The van der Waals surface area contributed by atoms with E-state index in [4.69, 9.17) is 0 Å². The lowest BCUT2D eigenvalue weighted by molar-refractivity contribution is 0.101. The van der Waals surface area contributed by atoms with Gasteiger partial charge < -0.3 is 0 Å². The van der Waals surface area contributed by atoms with Crippen LogP contribution in [-0.2, 0) is 6.42 Å². The normalized spacial score (nSPS) is 10.5. The molecular weight excluding hydrogens is 174 g/mol. The van der Waals surface area contributed by atoms with E-state index in [9.17, 15) is 13.6 Å². The van der Waals surface area contributed by atoms with Crippen LogP contribution in [0.1, 0.15) is 22.8 Å². The summed E-state index contributed by atoms with van der Waals surface area (Å²) in [6.45, 7) is 1.38. The van der Waals surface area contributed by atoms with Gasteiger partial charge in [0.25, 0.3) is 0 Å². The fourth-order valence-electron chi connectivity index (χ4n) is 1.21. The van der Waals surface area contributed by atoms with Crippen LogP contribution in [0.5, 0.6) is 0 Å². The third-order valence-electron chi connectivity index (χ3n) is 1.77. The molecule has 1 aromatic rings. The van der Waals surface area contributed by atoms with Crippen LogP contribution in [0.2, 0.25) is 0 Å². The molecule has 0 amide bonds. The number of carbonyl (C=O) groups is 1. The first-order valence-corrected chi connectivity index (χ1v) is 3.98. The lowest BCUT2D eigenvalue weighted by Gasteiger charge is -2.04. The summed E-state index contributed by atoms with van der Waals surface area (Å²) < 4.78 is 24.1. The highest BCUT2D eigenvalue weighted by atomic mass is 19.3. The van der Waals surface area contributed by atoms with Gasteiger partial charge in [-0.15, -0.1) is 0 Å². The van der Waals surface area contributed by atoms with E-state index < -0.39 is 6.43 Å². The molecule has 1 rings (SSSR count). The van der Waals surface area contributed by atoms with Crippen LogP contribution in [0.15, 0.2) is 24.3 Å². The first-order chi connectivity index (χ1) is 6.11. The second-order valence-electron chi connectivity index (χ2n) is 2.81. The van der Waals surface area contributed by atoms with E-state index in [2.05, 4.69) is 0 Å². The van der Waals surface area contributed by atoms with Crippen molar-refractivity contribution in [2.75, 3.05) is 0 Å². The van der Waals surface area contributed by atoms with E-state index >= 15 is 0 Å². The Labute approximate surface area is 75.4 Å². The molecule has 0 saturated heterocycles. The van der Waals surface area contributed by atoms with Crippen molar-refractivity contribution in [2.45, 2.75) is 19.8 Å². The van der Waals surface area contributed by atoms with Gasteiger partial charge in [0.15, 0.2) is 5.78 Å². The molecule has 1 aromatic carbocycles. The zero-order chi connectivity index (χ0) is 9.84. The van der Waals surface area contributed by atoms with Gasteiger partial charge >= 0.3 is 0 Å². The number of alkyl halides is 2. The topological polar surface area (TPSA) is 17.1 Å². The molecule has 0 fully saturated rings. The number of halogens is 2. The predicted octanol–water partition coefficient (Wildman–Crippen LogP) is 2.70.